The van der Waals surface area contributed by atoms with Crippen molar-refractivity contribution in [2.75, 3.05) is 45.9 Å². The minimum Gasteiger partial charge on any atom is -0.464 e. The monoisotopic (exact) mass is 441 g/mol. The van der Waals surface area contributed by atoms with Crippen molar-refractivity contribution in [3.8, 4) is 0 Å². The first-order valence-corrected chi connectivity index (χ1v) is 9.88. The fourth-order valence-electron chi connectivity index (χ4n) is 3.54. The van der Waals surface area contributed by atoms with Crippen LogP contribution in [0.3, 0.4) is 0 Å². The smallest absolute Gasteiger partial charge is 0.464 e. The largest absolute Gasteiger partial charge is 0.471 e. The van der Waals surface area contributed by atoms with Crippen LogP contribution in [0.1, 0.15) is 33.6 Å². The van der Waals surface area contributed by atoms with E-state index in [1.165, 1.54) is 0 Å². The highest BCUT2D eigenvalue weighted by Crippen LogP contribution is 2.23. The quantitative estimate of drug-likeness (QED) is 0.469. The van der Waals surface area contributed by atoms with Crippen LogP contribution in [-0.4, -0.2) is 90.4 Å². The van der Waals surface area contributed by atoms with E-state index in [1.807, 2.05) is 4.90 Å². The van der Waals surface area contributed by atoms with E-state index in [2.05, 4.69) is 0 Å². The Balaban J connectivity index is 1.31. The summed E-state index contributed by atoms with van der Waals surface area (Å²) in [6.45, 7) is 0.977. The van der Waals surface area contributed by atoms with Crippen LogP contribution >= 0.6 is 0 Å². The number of imide groups is 1. The highest BCUT2D eigenvalue weighted by molar-refractivity contribution is 6.21. The Kier molecular flexibility index (Phi) is 6.94. The maximum absolute atomic E-state index is 12.4. The Morgan fingerprint density at radius 1 is 0.935 bits per heavy atom. The maximum Gasteiger partial charge on any atom is 0.471 e. The van der Waals surface area contributed by atoms with Gasteiger partial charge >= 0.3 is 18.1 Å². The SMILES string of the molecule is O=C(CCCN1C(=O)c2ccccc2C1=O)OCCN1CCN(C(=O)C(F)(F)F)CC1. The number of halogens is 3. The molecule has 0 bridgehead atoms. The number of amides is 3. The Labute approximate surface area is 176 Å². The lowest BCUT2D eigenvalue weighted by atomic mass is 10.1. The molecule has 1 fully saturated rings. The highest BCUT2D eigenvalue weighted by atomic mass is 19.4. The van der Waals surface area contributed by atoms with Gasteiger partial charge in [0.05, 0.1) is 11.1 Å². The van der Waals surface area contributed by atoms with Gasteiger partial charge in [-0.3, -0.25) is 29.0 Å². The summed E-state index contributed by atoms with van der Waals surface area (Å²) in [7, 11) is 0. The van der Waals surface area contributed by atoms with Crippen LogP contribution in [0.2, 0.25) is 0 Å². The molecule has 168 valence electrons. The van der Waals surface area contributed by atoms with Gasteiger partial charge in [-0.1, -0.05) is 12.1 Å². The van der Waals surface area contributed by atoms with Crippen LogP contribution < -0.4 is 0 Å². The van der Waals surface area contributed by atoms with Crippen molar-refractivity contribution >= 4 is 23.7 Å². The van der Waals surface area contributed by atoms with Gasteiger partial charge in [0, 0.05) is 45.7 Å². The standard InChI is InChI=1S/C20H22F3N3O5/c21-20(22,23)19(30)25-10-8-24(9-11-25)12-13-31-16(27)6-3-7-26-17(28)14-4-1-2-5-15(14)18(26)29/h1-2,4-5H,3,6-13H2. The van der Waals surface area contributed by atoms with Gasteiger partial charge in [-0.05, 0) is 18.6 Å². The first kappa shape index (κ1) is 22.7. The highest BCUT2D eigenvalue weighted by Gasteiger charge is 2.43. The van der Waals surface area contributed by atoms with E-state index in [1.54, 1.807) is 24.3 Å². The first-order chi connectivity index (χ1) is 14.7. The van der Waals surface area contributed by atoms with Crippen molar-refractivity contribution in [1.82, 2.24) is 14.7 Å². The molecule has 3 amide bonds. The molecule has 0 radical (unpaired) electrons. The second-order valence-electron chi connectivity index (χ2n) is 7.26. The van der Waals surface area contributed by atoms with Gasteiger partial charge < -0.3 is 9.64 Å². The number of hydrogen-bond acceptors (Lipinski definition) is 6. The molecule has 0 unspecified atom stereocenters. The predicted octanol–water partition coefficient (Wildman–Crippen LogP) is 1.31. The summed E-state index contributed by atoms with van der Waals surface area (Å²) in [4.78, 5) is 51.3. The number of carbonyl (C=O) groups excluding carboxylic acids is 4. The molecule has 2 aliphatic heterocycles. The number of fused-ring (bicyclic) bond motifs is 1. The van der Waals surface area contributed by atoms with Gasteiger partial charge in [-0.2, -0.15) is 13.2 Å². The van der Waals surface area contributed by atoms with Gasteiger partial charge in [0.1, 0.15) is 6.61 Å². The second-order valence-corrected chi connectivity index (χ2v) is 7.26. The van der Waals surface area contributed by atoms with Crippen molar-refractivity contribution in [3.63, 3.8) is 0 Å². The van der Waals surface area contributed by atoms with E-state index in [9.17, 15) is 32.3 Å². The van der Waals surface area contributed by atoms with Crippen LogP contribution in [0, 0.1) is 0 Å². The molecule has 2 aliphatic rings. The third kappa shape index (κ3) is 5.40. The van der Waals surface area contributed by atoms with Gasteiger partial charge in [-0.15, -0.1) is 0 Å². The molecule has 31 heavy (non-hydrogen) atoms. The summed E-state index contributed by atoms with van der Waals surface area (Å²) < 4.78 is 42.4. The molecule has 2 heterocycles. The fraction of sp³-hybridized carbons (Fsp3) is 0.500. The molecule has 0 aromatic heterocycles. The molecule has 0 N–H and O–H groups in total. The van der Waals surface area contributed by atoms with E-state index in [-0.39, 0.29) is 64.0 Å². The molecule has 1 aromatic carbocycles. The molecule has 1 aromatic rings. The summed E-state index contributed by atoms with van der Waals surface area (Å²) in [5.41, 5.74) is 0.708. The minimum atomic E-state index is -4.87. The number of ether oxygens (including phenoxy) is 1. The summed E-state index contributed by atoms with van der Waals surface area (Å²) >= 11 is 0. The van der Waals surface area contributed by atoms with Crippen molar-refractivity contribution in [3.05, 3.63) is 35.4 Å². The summed E-state index contributed by atoms with van der Waals surface area (Å²) in [6.07, 6.45) is -4.57. The van der Waals surface area contributed by atoms with E-state index < -0.39 is 18.1 Å². The molecular weight excluding hydrogens is 419 g/mol. The molecule has 0 spiro atoms. The molecule has 1 saturated heterocycles. The zero-order valence-corrected chi connectivity index (χ0v) is 16.7. The van der Waals surface area contributed by atoms with E-state index >= 15 is 0 Å². The van der Waals surface area contributed by atoms with Crippen LogP contribution in [0.25, 0.3) is 0 Å². The lowest BCUT2D eigenvalue weighted by Crippen LogP contribution is -2.52. The first-order valence-electron chi connectivity index (χ1n) is 9.88. The third-order valence-electron chi connectivity index (χ3n) is 5.21. The molecule has 3 rings (SSSR count). The number of rotatable bonds is 7. The molecule has 11 heteroatoms. The van der Waals surface area contributed by atoms with Gasteiger partial charge in [0.2, 0.25) is 0 Å². The number of piperazine rings is 1. The Morgan fingerprint density at radius 2 is 1.52 bits per heavy atom. The van der Waals surface area contributed by atoms with Gasteiger partial charge in [0.15, 0.2) is 0 Å². The Bertz CT molecular complexity index is 831. The number of carbonyl (C=O) groups is 4. The molecule has 0 aliphatic carbocycles. The topological polar surface area (TPSA) is 87.2 Å². The lowest BCUT2D eigenvalue weighted by molar-refractivity contribution is -0.187. The zero-order chi connectivity index (χ0) is 22.6. The minimum absolute atomic E-state index is 0.0290. The molecule has 0 saturated carbocycles. The predicted molar refractivity (Wildman–Crippen MR) is 101 cm³/mol. The van der Waals surface area contributed by atoms with E-state index in [0.717, 1.165) is 9.80 Å². The van der Waals surface area contributed by atoms with E-state index in [0.29, 0.717) is 17.7 Å². The lowest BCUT2D eigenvalue weighted by Gasteiger charge is -2.34. The molecule has 0 atom stereocenters. The number of esters is 1. The summed E-state index contributed by atoms with van der Waals surface area (Å²) in [5, 5.41) is 0. The van der Waals surface area contributed by atoms with Gasteiger partial charge in [0.25, 0.3) is 11.8 Å². The second kappa shape index (κ2) is 9.46. The van der Waals surface area contributed by atoms with Crippen molar-refractivity contribution in [2.24, 2.45) is 0 Å². The van der Waals surface area contributed by atoms with E-state index in [4.69, 9.17) is 4.74 Å². The number of alkyl halides is 3. The average Bonchev–Trinajstić information content (AvgIpc) is 2.98. The van der Waals surface area contributed by atoms with Crippen LogP contribution in [-0.2, 0) is 14.3 Å². The number of nitrogens with zero attached hydrogens (tertiary/aromatic N) is 3. The van der Waals surface area contributed by atoms with Crippen molar-refractivity contribution in [2.45, 2.75) is 19.0 Å². The Morgan fingerprint density at radius 3 is 2.06 bits per heavy atom. The van der Waals surface area contributed by atoms with Crippen molar-refractivity contribution in [1.29, 1.82) is 0 Å². The van der Waals surface area contributed by atoms with Crippen LogP contribution in [0.15, 0.2) is 24.3 Å². The fourth-order valence-corrected chi connectivity index (χ4v) is 3.54. The summed E-state index contributed by atoms with van der Waals surface area (Å²) in [5.74, 6) is -3.08. The average molecular weight is 441 g/mol. The van der Waals surface area contributed by atoms with Crippen LogP contribution in [0.5, 0.6) is 0 Å². The summed E-state index contributed by atoms with van der Waals surface area (Å²) in [6, 6.07) is 6.53. The van der Waals surface area contributed by atoms with Crippen molar-refractivity contribution < 1.29 is 37.1 Å². The number of hydrogen-bond donors (Lipinski definition) is 0. The Hall–Kier alpha value is -2.95. The third-order valence-corrected chi connectivity index (χ3v) is 5.21. The normalized spacial score (nSPS) is 17.1. The molecular formula is C20H22F3N3O5. The van der Waals surface area contributed by atoms with Crippen LogP contribution in [0.4, 0.5) is 13.2 Å². The zero-order valence-electron chi connectivity index (χ0n) is 16.7. The molecule has 8 nitrogen and oxygen atoms in total. The van der Waals surface area contributed by atoms with Gasteiger partial charge in [-0.25, -0.2) is 0 Å². The number of benzene rings is 1. The maximum atomic E-state index is 12.4.